The number of carboxylic acid groups (broad SMARTS) is 1. The van der Waals surface area contributed by atoms with Gasteiger partial charge >= 0.3 is 11.9 Å². The number of ether oxygens (including phenoxy) is 2. The predicted octanol–water partition coefficient (Wildman–Crippen LogP) is 1.13. The van der Waals surface area contributed by atoms with E-state index in [0.29, 0.717) is 25.8 Å². The molecule has 0 saturated carbocycles. The Morgan fingerprint density at radius 2 is 1.94 bits per heavy atom. The van der Waals surface area contributed by atoms with Crippen molar-refractivity contribution in [2.45, 2.75) is 63.6 Å². The van der Waals surface area contributed by atoms with Crippen LogP contribution in [0.25, 0.3) is 0 Å². The summed E-state index contributed by atoms with van der Waals surface area (Å²) < 4.78 is 10.4. The summed E-state index contributed by atoms with van der Waals surface area (Å²) in [4.78, 5) is 50.4. The minimum absolute atomic E-state index is 0.0836. The van der Waals surface area contributed by atoms with E-state index in [-0.39, 0.29) is 31.8 Å². The van der Waals surface area contributed by atoms with Crippen molar-refractivity contribution in [2.24, 2.45) is 0 Å². The van der Waals surface area contributed by atoms with E-state index >= 15 is 0 Å². The number of aliphatic carboxylic acids is 1. The third kappa shape index (κ3) is 5.81. The van der Waals surface area contributed by atoms with E-state index in [9.17, 15) is 24.3 Å². The third-order valence-corrected chi connectivity index (χ3v) is 6.00. The molecule has 2 amide bonds. The molecule has 0 aliphatic carbocycles. The van der Waals surface area contributed by atoms with E-state index in [2.05, 4.69) is 5.32 Å². The molecule has 0 unspecified atom stereocenters. The number of esters is 1. The Morgan fingerprint density at radius 3 is 2.58 bits per heavy atom. The second kappa shape index (κ2) is 11.1. The number of hydrazine groups is 1. The van der Waals surface area contributed by atoms with Gasteiger partial charge in [0.2, 0.25) is 5.91 Å². The van der Waals surface area contributed by atoms with Gasteiger partial charge in [0, 0.05) is 13.0 Å². The van der Waals surface area contributed by atoms with Crippen LogP contribution in [0.2, 0.25) is 0 Å². The Kier molecular flexibility index (Phi) is 8.26. The van der Waals surface area contributed by atoms with Crippen LogP contribution in [0.5, 0.6) is 5.75 Å². The van der Waals surface area contributed by atoms with Crippen LogP contribution in [0.1, 0.15) is 44.6 Å². The number of benzene rings is 1. The molecule has 2 fully saturated rings. The molecule has 2 saturated heterocycles. The van der Waals surface area contributed by atoms with Gasteiger partial charge in [-0.05, 0) is 56.7 Å². The first-order chi connectivity index (χ1) is 15.8. The average molecular weight is 462 g/mol. The van der Waals surface area contributed by atoms with E-state index in [4.69, 9.17) is 9.47 Å². The van der Waals surface area contributed by atoms with E-state index in [1.807, 2.05) is 24.3 Å². The van der Waals surface area contributed by atoms with Gasteiger partial charge in [-0.1, -0.05) is 12.1 Å². The molecule has 2 aliphatic heterocycles. The number of rotatable bonds is 9. The first kappa shape index (κ1) is 24.5. The van der Waals surface area contributed by atoms with Crippen LogP contribution in [-0.2, 0) is 30.3 Å². The Labute approximate surface area is 192 Å². The maximum atomic E-state index is 13.3. The van der Waals surface area contributed by atoms with Gasteiger partial charge < -0.3 is 14.6 Å². The molecule has 1 aromatic rings. The number of nitrogens with one attached hydrogen (secondary N) is 1. The number of carboxylic acids is 1. The number of hydrogen-bond acceptors (Lipinski definition) is 7. The summed E-state index contributed by atoms with van der Waals surface area (Å²) in [7, 11) is 1.59. The van der Waals surface area contributed by atoms with Gasteiger partial charge in [0.05, 0.1) is 19.8 Å². The second-order valence-electron chi connectivity index (χ2n) is 8.15. The summed E-state index contributed by atoms with van der Waals surface area (Å²) in [5.41, 5.74) is 0.988. The first-order valence-electron chi connectivity index (χ1n) is 11.3. The van der Waals surface area contributed by atoms with Gasteiger partial charge in [0.15, 0.2) is 6.04 Å². The van der Waals surface area contributed by atoms with Gasteiger partial charge in [0.1, 0.15) is 11.8 Å². The topological polar surface area (TPSA) is 125 Å². The SMILES string of the molecule is CCOC(=O)[C@@H](CCc1ccc(OC)cc1)N[C@H]1CCC(=O)N2CCC[C@@H](C(=O)O)N2C1=O. The summed E-state index contributed by atoms with van der Waals surface area (Å²) in [6.45, 7) is 2.20. The minimum Gasteiger partial charge on any atom is -0.497 e. The molecule has 1 aromatic carbocycles. The zero-order valence-electron chi connectivity index (χ0n) is 19.0. The van der Waals surface area contributed by atoms with Crippen LogP contribution < -0.4 is 10.1 Å². The number of carbonyl (C=O) groups is 4. The van der Waals surface area contributed by atoms with Gasteiger partial charge in [-0.3, -0.25) is 24.7 Å². The fraction of sp³-hybridized carbons (Fsp3) is 0.565. The average Bonchev–Trinajstić information content (AvgIpc) is 2.93. The van der Waals surface area contributed by atoms with Crippen molar-refractivity contribution in [3.63, 3.8) is 0 Å². The van der Waals surface area contributed by atoms with Crippen LogP contribution in [0.15, 0.2) is 24.3 Å². The Balaban J connectivity index is 1.76. The highest BCUT2D eigenvalue weighted by atomic mass is 16.5. The number of carbonyl (C=O) groups excluding carboxylic acids is 3. The summed E-state index contributed by atoms with van der Waals surface area (Å²) in [5, 5.41) is 15.0. The molecule has 33 heavy (non-hydrogen) atoms. The van der Waals surface area contributed by atoms with Crippen molar-refractivity contribution in [3.05, 3.63) is 29.8 Å². The monoisotopic (exact) mass is 461 g/mol. The first-order valence-corrected chi connectivity index (χ1v) is 11.3. The van der Waals surface area contributed by atoms with E-state index in [1.54, 1.807) is 14.0 Å². The Bertz CT molecular complexity index is 873. The van der Waals surface area contributed by atoms with Crippen molar-refractivity contribution >= 4 is 23.8 Å². The highest BCUT2D eigenvalue weighted by Gasteiger charge is 2.45. The second-order valence-corrected chi connectivity index (χ2v) is 8.15. The number of aryl methyl sites for hydroxylation is 1. The number of methoxy groups -OCH3 is 1. The van der Waals surface area contributed by atoms with Gasteiger partial charge in [-0.25, -0.2) is 9.80 Å². The highest BCUT2D eigenvalue weighted by Crippen LogP contribution is 2.25. The van der Waals surface area contributed by atoms with Gasteiger partial charge in [0.25, 0.3) is 5.91 Å². The maximum Gasteiger partial charge on any atom is 0.328 e. The lowest BCUT2D eigenvalue weighted by molar-refractivity contribution is -0.181. The summed E-state index contributed by atoms with van der Waals surface area (Å²) in [6.07, 6.45) is 1.97. The molecule has 180 valence electrons. The summed E-state index contributed by atoms with van der Waals surface area (Å²) in [5.74, 6) is -1.70. The van der Waals surface area contributed by atoms with Crippen molar-refractivity contribution < 1.29 is 33.8 Å². The maximum absolute atomic E-state index is 13.3. The van der Waals surface area contributed by atoms with Crippen molar-refractivity contribution in [3.8, 4) is 5.75 Å². The molecule has 2 aliphatic rings. The highest BCUT2D eigenvalue weighted by molar-refractivity contribution is 5.92. The fourth-order valence-corrected chi connectivity index (χ4v) is 4.27. The summed E-state index contributed by atoms with van der Waals surface area (Å²) >= 11 is 0. The van der Waals surface area contributed by atoms with Gasteiger partial charge in [-0.15, -0.1) is 0 Å². The lowest BCUT2D eigenvalue weighted by atomic mass is 10.0. The van der Waals surface area contributed by atoms with Crippen LogP contribution in [0.4, 0.5) is 0 Å². The molecule has 3 atom stereocenters. The van der Waals surface area contributed by atoms with E-state index in [1.165, 1.54) is 5.01 Å². The molecule has 0 aromatic heterocycles. The zero-order valence-corrected chi connectivity index (χ0v) is 19.0. The molecular formula is C23H31N3O7. The molecule has 2 N–H and O–H groups in total. The van der Waals surface area contributed by atoms with Crippen LogP contribution in [0.3, 0.4) is 0 Å². The molecule has 10 heteroatoms. The van der Waals surface area contributed by atoms with Crippen LogP contribution >= 0.6 is 0 Å². The number of fused-ring (bicyclic) bond motifs is 1. The molecule has 3 rings (SSSR count). The minimum atomic E-state index is -1.15. The molecule has 0 radical (unpaired) electrons. The predicted molar refractivity (Wildman–Crippen MR) is 117 cm³/mol. The normalized spacial score (nSPS) is 21.8. The Hall–Kier alpha value is -3.14. The van der Waals surface area contributed by atoms with Crippen molar-refractivity contribution in [1.82, 2.24) is 15.3 Å². The smallest absolute Gasteiger partial charge is 0.328 e. The van der Waals surface area contributed by atoms with Crippen LogP contribution in [-0.4, -0.2) is 77.3 Å². The summed E-state index contributed by atoms with van der Waals surface area (Å²) in [6, 6.07) is 4.72. The zero-order chi connectivity index (χ0) is 24.0. The molecular weight excluding hydrogens is 430 g/mol. The van der Waals surface area contributed by atoms with Crippen molar-refractivity contribution in [2.75, 3.05) is 20.3 Å². The lowest BCUT2D eigenvalue weighted by Crippen LogP contribution is -2.62. The molecule has 2 heterocycles. The van der Waals surface area contributed by atoms with Crippen molar-refractivity contribution in [1.29, 1.82) is 0 Å². The van der Waals surface area contributed by atoms with Gasteiger partial charge in [-0.2, -0.15) is 0 Å². The largest absolute Gasteiger partial charge is 0.497 e. The molecule has 10 nitrogen and oxygen atoms in total. The number of hydrogen-bond donors (Lipinski definition) is 2. The lowest BCUT2D eigenvalue weighted by Gasteiger charge is -2.42. The van der Waals surface area contributed by atoms with Crippen LogP contribution in [0, 0.1) is 0 Å². The van der Waals surface area contributed by atoms with E-state index in [0.717, 1.165) is 16.3 Å². The van der Waals surface area contributed by atoms with E-state index < -0.39 is 36.0 Å². The molecule has 0 bridgehead atoms. The Morgan fingerprint density at radius 1 is 1.21 bits per heavy atom. The quantitative estimate of drug-likeness (QED) is 0.525. The number of nitrogens with zero attached hydrogens (tertiary/aromatic N) is 2. The third-order valence-electron chi connectivity index (χ3n) is 6.00. The fourth-order valence-electron chi connectivity index (χ4n) is 4.27. The number of amides is 2. The standard InChI is InChI=1S/C23H31N3O7/c1-3-33-23(31)18(11-8-15-6-9-16(32-2)10-7-15)24-17-12-13-20(27)25-14-4-5-19(22(29)30)26(25)21(17)28/h6-7,9-10,17-19,24H,3-5,8,11-14H2,1-2H3,(H,29,30)/t17-,18+,19-/m0/s1. The molecule has 0 spiro atoms.